The maximum atomic E-state index is 13.4. The highest BCUT2D eigenvalue weighted by Crippen LogP contribution is 2.36. The zero-order valence-corrected chi connectivity index (χ0v) is 23.5. The number of carbonyl (C=O) groups is 1. The molecular formula is C31H35ClN2O4. The lowest BCUT2D eigenvalue weighted by molar-refractivity contribution is 0.00745. The number of terminal acetylenes is 1. The molecule has 1 N–H and O–H groups in total. The van der Waals surface area contributed by atoms with Gasteiger partial charge >= 0.3 is 6.09 Å². The average Bonchev–Trinajstić information content (AvgIpc) is 2.82. The van der Waals surface area contributed by atoms with Crippen LogP contribution in [0.4, 0.5) is 4.79 Å². The first-order valence-corrected chi connectivity index (χ1v) is 13.4. The molecule has 0 bridgehead atoms. The van der Waals surface area contributed by atoms with Crippen LogP contribution in [0.2, 0.25) is 5.02 Å². The fourth-order valence-electron chi connectivity index (χ4n) is 5.09. The molecule has 3 aromatic rings. The summed E-state index contributed by atoms with van der Waals surface area (Å²) in [6, 6.07) is 9.44. The van der Waals surface area contributed by atoms with Crippen molar-refractivity contribution in [2.75, 3.05) is 13.2 Å². The van der Waals surface area contributed by atoms with E-state index in [1.807, 2.05) is 51.7 Å². The molecular weight excluding hydrogens is 500 g/mol. The van der Waals surface area contributed by atoms with Gasteiger partial charge in [-0.15, -0.1) is 6.42 Å². The van der Waals surface area contributed by atoms with Gasteiger partial charge in [-0.25, -0.2) is 4.79 Å². The van der Waals surface area contributed by atoms with Crippen LogP contribution in [0.3, 0.4) is 0 Å². The molecule has 1 atom stereocenters. The first kappa shape index (κ1) is 27.6. The van der Waals surface area contributed by atoms with Crippen LogP contribution < -0.4 is 10.3 Å². The number of pyridine rings is 1. The van der Waals surface area contributed by atoms with Crippen LogP contribution >= 0.6 is 11.6 Å². The zero-order chi connectivity index (χ0) is 27.6. The number of likely N-dealkylation sites (tertiary alicyclic amines) is 1. The molecule has 7 heteroatoms. The molecule has 4 rings (SSSR count). The Hall–Kier alpha value is -3.43. The normalized spacial score (nSPS) is 15.8. The number of aryl methyl sites for hydroxylation is 2. The molecule has 2 heterocycles. The number of piperidine rings is 1. The Labute approximate surface area is 229 Å². The Balaban J connectivity index is 1.71. The van der Waals surface area contributed by atoms with E-state index in [0.717, 1.165) is 36.0 Å². The molecule has 1 unspecified atom stereocenters. The molecule has 1 aromatic heterocycles. The van der Waals surface area contributed by atoms with Crippen LogP contribution in [0.1, 0.15) is 63.1 Å². The van der Waals surface area contributed by atoms with Gasteiger partial charge in [-0.05, 0) is 71.6 Å². The second-order valence-corrected chi connectivity index (χ2v) is 11.4. The highest BCUT2D eigenvalue weighted by molar-refractivity contribution is 6.32. The fraction of sp³-hybridized carbons (Fsp3) is 0.419. The standard InChI is InChI=1S/C31H35ClN2O4/c1-7-21-17-24-26(18-25(21)32)33-29(35)27(22-15-19(2)14-20(3)16-22)28(24)37-13-11-23-10-8-9-12-34(23)30(36)38-31(4,5)6/h1,14-18,23H,8-13H2,2-6H3,(H,33,35). The number of halogens is 1. The van der Waals surface area contributed by atoms with Crippen molar-refractivity contribution in [1.29, 1.82) is 0 Å². The predicted molar refractivity (Wildman–Crippen MR) is 153 cm³/mol. The van der Waals surface area contributed by atoms with Crippen LogP contribution in [0.15, 0.2) is 35.1 Å². The number of benzene rings is 2. The van der Waals surface area contributed by atoms with Gasteiger partial charge in [0.05, 0.1) is 22.7 Å². The van der Waals surface area contributed by atoms with E-state index in [-0.39, 0.29) is 17.7 Å². The van der Waals surface area contributed by atoms with Gasteiger partial charge in [-0.1, -0.05) is 46.8 Å². The molecule has 1 aliphatic rings. The van der Waals surface area contributed by atoms with Crippen molar-refractivity contribution in [2.45, 2.75) is 71.9 Å². The highest BCUT2D eigenvalue weighted by atomic mass is 35.5. The third-order valence-electron chi connectivity index (χ3n) is 6.67. The number of nitrogens with zero attached hydrogens (tertiary/aromatic N) is 1. The van der Waals surface area contributed by atoms with Gasteiger partial charge in [0.1, 0.15) is 11.4 Å². The Morgan fingerprint density at radius 3 is 2.53 bits per heavy atom. The number of aromatic nitrogens is 1. The van der Waals surface area contributed by atoms with Crippen LogP contribution in [0.5, 0.6) is 5.75 Å². The van der Waals surface area contributed by atoms with E-state index >= 15 is 0 Å². The van der Waals surface area contributed by atoms with E-state index in [1.165, 1.54) is 0 Å². The molecule has 2 aromatic carbocycles. The molecule has 0 spiro atoms. The minimum Gasteiger partial charge on any atom is -0.492 e. The average molecular weight is 535 g/mol. The molecule has 0 saturated carbocycles. The number of H-pyrrole nitrogens is 1. The predicted octanol–water partition coefficient (Wildman–Crippen LogP) is 7.01. The van der Waals surface area contributed by atoms with Crippen molar-refractivity contribution in [3.63, 3.8) is 0 Å². The largest absolute Gasteiger partial charge is 0.492 e. The SMILES string of the molecule is C#Cc1cc2c(OCCC3CCCCN3C(=O)OC(C)(C)C)c(-c3cc(C)cc(C)c3)c(=O)[nH]c2cc1Cl. The van der Waals surface area contributed by atoms with Crippen molar-refractivity contribution in [3.05, 3.63) is 62.4 Å². The van der Waals surface area contributed by atoms with Crippen molar-refractivity contribution < 1.29 is 14.3 Å². The second kappa shape index (κ2) is 11.1. The van der Waals surface area contributed by atoms with Crippen LogP contribution in [-0.2, 0) is 4.74 Å². The van der Waals surface area contributed by atoms with Gasteiger partial charge < -0.3 is 19.4 Å². The van der Waals surface area contributed by atoms with E-state index in [4.69, 9.17) is 27.5 Å². The first-order chi connectivity index (χ1) is 18.0. The molecule has 6 nitrogen and oxygen atoms in total. The Bertz CT molecular complexity index is 1440. The summed E-state index contributed by atoms with van der Waals surface area (Å²) < 4.78 is 12.1. The van der Waals surface area contributed by atoms with Gasteiger partial charge in [-0.2, -0.15) is 0 Å². The number of amides is 1. The number of hydrogen-bond donors (Lipinski definition) is 1. The van der Waals surface area contributed by atoms with Crippen molar-refractivity contribution >= 4 is 28.6 Å². The van der Waals surface area contributed by atoms with E-state index < -0.39 is 5.60 Å². The van der Waals surface area contributed by atoms with Crippen LogP contribution in [0, 0.1) is 26.2 Å². The lowest BCUT2D eigenvalue weighted by Crippen LogP contribution is -2.46. The topological polar surface area (TPSA) is 71.6 Å². The van der Waals surface area contributed by atoms with E-state index in [1.54, 1.807) is 12.1 Å². The molecule has 200 valence electrons. The quantitative estimate of drug-likeness (QED) is 0.357. The maximum absolute atomic E-state index is 13.4. The summed E-state index contributed by atoms with van der Waals surface area (Å²) in [5.41, 5.74) is 3.54. The number of fused-ring (bicyclic) bond motifs is 1. The Morgan fingerprint density at radius 1 is 1.16 bits per heavy atom. The van der Waals surface area contributed by atoms with Gasteiger partial charge in [-0.3, -0.25) is 4.79 Å². The molecule has 1 amide bonds. The third-order valence-corrected chi connectivity index (χ3v) is 6.99. The summed E-state index contributed by atoms with van der Waals surface area (Å²) in [5.74, 6) is 3.07. The second-order valence-electron chi connectivity index (χ2n) is 11.0. The molecule has 1 saturated heterocycles. The summed E-state index contributed by atoms with van der Waals surface area (Å²) in [5, 5.41) is 1.07. The van der Waals surface area contributed by atoms with Crippen molar-refractivity contribution in [2.24, 2.45) is 0 Å². The van der Waals surface area contributed by atoms with E-state index in [0.29, 0.717) is 52.4 Å². The van der Waals surface area contributed by atoms with Gasteiger partial charge in [0, 0.05) is 30.0 Å². The Kier molecular flexibility index (Phi) is 8.08. The number of aromatic amines is 1. The minimum atomic E-state index is -0.559. The third kappa shape index (κ3) is 6.16. The van der Waals surface area contributed by atoms with Crippen LogP contribution in [0.25, 0.3) is 22.0 Å². The molecule has 0 radical (unpaired) electrons. The van der Waals surface area contributed by atoms with Gasteiger partial charge in [0.25, 0.3) is 5.56 Å². The fourth-order valence-corrected chi connectivity index (χ4v) is 5.31. The summed E-state index contributed by atoms with van der Waals surface area (Å²) in [6.45, 7) is 10.6. The smallest absolute Gasteiger partial charge is 0.410 e. The van der Waals surface area contributed by atoms with Gasteiger partial charge in [0.2, 0.25) is 0 Å². The number of ether oxygens (including phenoxy) is 2. The summed E-state index contributed by atoms with van der Waals surface area (Å²) in [4.78, 5) is 31.0. The van der Waals surface area contributed by atoms with Crippen molar-refractivity contribution in [3.8, 4) is 29.2 Å². The first-order valence-electron chi connectivity index (χ1n) is 13.0. The van der Waals surface area contributed by atoms with E-state index in [2.05, 4.69) is 17.0 Å². The number of nitrogens with one attached hydrogen (secondary N) is 1. The van der Waals surface area contributed by atoms with E-state index in [9.17, 15) is 9.59 Å². The number of hydrogen-bond acceptors (Lipinski definition) is 4. The summed E-state index contributed by atoms with van der Waals surface area (Å²) >= 11 is 6.35. The minimum absolute atomic E-state index is 0.00719. The van der Waals surface area contributed by atoms with Crippen molar-refractivity contribution in [1.82, 2.24) is 9.88 Å². The molecule has 1 aliphatic heterocycles. The zero-order valence-electron chi connectivity index (χ0n) is 22.7. The van der Waals surface area contributed by atoms with Gasteiger partial charge in [0.15, 0.2) is 0 Å². The Morgan fingerprint density at radius 2 is 1.87 bits per heavy atom. The molecule has 38 heavy (non-hydrogen) atoms. The highest BCUT2D eigenvalue weighted by Gasteiger charge is 2.30. The molecule has 0 aliphatic carbocycles. The number of rotatable bonds is 5. The van der Waals surface area contributed by atoms with Crippen LogP contribution in [-0.4, -0.2) is 40.8 Å². The lowest BCUT2D eigenvalue weighted by Gasteiger charge is -2.36. The monoisotopic (exact) mass is 534 g/mol. The summed E-state index contributed by atoms with van der Waals surface area (Å²) in [7, 11) is 0. The maximum Gasteiger partial charge on any atom is 0.410 e. The lowest BCUT2D eigenvalue weighted by atomic mass is 9.98. The summed E-state index contributed by atoms with van der Waals surface area (Å²) in [6.07, 6.45) is 8.87. The molecule has 1 fully saturated rings. The number of carbonyl (C=O) groups excluding carboxylic acids is 1.